The summed E-state index contributed by atoms with van der Waals surface area (Å²) in [5, 5.41) is 3.46. The van der Waals surface area contributed by atoms with Crippen molar-refractivity contribution in [1.29, 1.82) is 0 Å². The lowest BCUT2D eigenvalue weighted by atomic mass is 9.85. The predicted octanol–water partition coefficient (Wildman–Crippen LogP) is 3.43. The number of carbonyl (C=O) groups is 1. The van der Waals surface area contributed by atoms with E-state index < -0.39 is 0 Å². The Kier molecular flexibility index (Phi) is 4.06. The molecular weight excluding hydrogens is 300 g/mol. The van der Waals surface area contributed by atoms with Crippen LogP contribution in [0.15, 0.2) is 48.5 Å². The van der Waals surface area contributed by atoms with Crippen LogP contribution in [0.25, 0.3) is 5.70 Å². The van der Waals surface area contributed by atoms with E-state index in [1.54, 1.807) is 25.3 Å². The molecule has 0 amide bonds. The van der Waals surface area contributed by atoms with Gasteiger partial charge in [0.25, 0.3) is 0 Å². The number of anilines is 1. The first-order valence-electron chi connectivity index (χ1n) is 7.96. The second kappa shape index (κ2) is 6.04. The minimum absolute atomic E-state index is 0.109. The number of fused-ring (bicyclic) bond motifs is 1. The Balaban J connectivity index is 2.07. The first kappa shape index (κ1) is 16.1. The van der Waals surface area contributed by atoms with Gasteiger partial charge in [0, 0.05) is 34.1 Å². The number of nitrogens with one attached hydrogen (secondary N) is 1. The Morgan fingerprint density at radius 3 is 2.71 bits per heavy atom. The number of benzene rings is 2. The maximum Gasteiger partial charge on any atom is 0.189 e. The van der Waals surface area contributed by atoms with Crippen LogP contribution in [0, 0.1) is 0 Å². The second-order valence-electron chi connectivity index (χ2n) is 6.72. The minimum Gasteiger partial charge on any atom is -0.497 e. The molecule has 0 saturated carbocycles. The number of para-hydroxylation sites is 1. The van der Waals surface area contributed by atoms with Crippen LogP contribution in [0.5, 0.6) is 5.75 Å². The average Bonchev–Trinajstić information content (AvgIpc) is 2.54. The van der Waals surface area contributed by atoms with E-state index in [1.807, 2.05) is 24.3 Å². The monoisotopic (exact) mass is 322 g/mol. The van der Waals surface area contributed by atoms with Gasteiger partial charge in [-0.3, -0.25) is 4.79 Å². The molecule has 1 aliphatic heterocycles. The van der Waals surface area contributed by atoms with Crippen LogP contribution in [0.4, 0.5) is 5.69 Å². The van der Waals surface area contributed by atoms with Crippen molar-refractivity contribution >= 4 is 17.2 Å². The molecule has 4 nitrogen and oxygen atoms in total. The fourth-order valence-corrected chi connectivity index (χ4v) is 3.08. The Hall–Kier alpha value is -2.75. The zero-order valence-electron chi connectivity index (χ0n) is 14.2. The zero-order chi connectivity index (χ0) is 17.3. The molecule has 3 rings (SSSR count). The molecule has 0 fully saturated rings. The van der Waals surface area contributed by atoms with Crippen LogP contribution < -0.4 is 15.8 Å². The van der Waals surface area contributed by atoms with Gasteiger partial charge in [0.05, 0.1) is 7.11 Å². The lowest BCUT2D eigenvalue weighted by Crippen LogP contribution is -2.43. The molecule has 3 N–H and O–H groups in total. The summed E-state index contributed by atoms with van der Waals surface area (Å²) in [6, 6.07) is 13.1. The molecule has 0 bridgehead atoms. The van der Waals surface area contributed by atoms with Gasteiger partial charge in [-0.15, -0.1) is 0 Å². The lowest BCUT2D eigenvalue weighted by molar-refractivity contribution is 0.104. The first-order chi connectivity index (χ1) is 11.4. The number of ketones is 1. The smallest absolute Gasteiger partial charge is 0.189 e. The molecule has 0 radical (unpaired) electrons. The van der Waals surface area contributed by atoms with Crippen molar-refractivity contribution in [1.82, 2.24) is 5.32 Å². The number of hydrogen-bond acceptors (Lipinski definition) is 4. The van der Waals surface area contributed by atoms with Crippen LogP contribution >= 0.6 is 0 Å². The fourth-order valence-electron chi connectivity index (χ4n) is 3.08. The van der Waals surface area contributed by atoms with Crippen LogP contribution in [-0.2, 0) is 6.42 Å². The summed E-state index contributed by atoms with van der Waals surface area (Å²) in [5.41, 5.74) is 9.79. The SMILES string of the molecule is COc1ccc2c(c1)/C(=C/C(=O)c1ccccc1N)NC(C)(C)C2. The van der Waals surface area contributed by atoms with Gasteiger partial charge in [-0.2, -0.15) is 0 Å². The van der Waals surface area contributed by atoms with Gasteiger partial charge in [-0.1, -0.05) is 18.2 Å². The number of hydrogen-bond donors (Lipinski definition) is 2. The topological polar surface area (TPSA) is 64.3 Å². The van der Waals surface area contributed by atoms with E-state index in [1.165, 1.54) is 5.56 Å². The molecule has 1 heterocycles. The van der Waals surface area contributed by atoms with Gasteiger partial charge >= 0.3 is 0 Å². The van der Waals surface area contributed by atoms with Gasteiger partial charge in [-0.05, 0) is 50.1 Å². The maximum absolute atomic E-state index is 12.7. The van der Waals surface area contributed by atoms with Crippen molar-refractivity contribution in [3.8, 4) is 5.75 Å². The zero-order valence-corrected chi connectivity index (χ0v) is 14.2. The van der Waals surface area contributed by atoms with E-state index in [4.69, 9.17) is 10.5 Å². The molecule has 0 saturated heterocycles. The third-order valence-corrected chi connectivity index (χ3v) is 4.21. The summed E-state index contributed by atoms with van der Waals surface area (Å²) in [7, 11) is 1.64. The van der Waals surface area contributed by atoms with E-state index in [9.17, 15) is 4.79 Å². The van der Waals surface area contributed by atoms with Gasteiger partial charge in [-0.25, -0.2) is 0 Å². The summed E-state index contributed by atoms with van der Waals surface area (Å²) in [6.45, 7) is 4.24. The quantitative estimate of drug-likeness (QED) is 0.516. The Morgan fingerprint density at radius 1 is 1.25 bits per heavy atom. The summed E-state index contributed by atoms with van der Waals surface area (Å²) < 4.78 is 5.33. The number of allylic oxidation sites excluding steroid dienone is 1. The number of nitrogen functional groups attached to an aromatic ring is 1. The number of methoxy groups -OCH3 is 1. The maximum atomic E-state index is 12.7. The molecule has 0 aromatic heterocycles. The Morgan fingerprint density at radius 2 is 2.00 bits per heavy atom. The van der Waals surface area contributed by atoms with Crippen LogP contribution in [0.3, 0.4) is 0 Å². The molecule has 24 heavy (non-hydrogen) atoms. The van der Waals surface area contributed by atoms with Crippen LogP contribution in [-0.4, -0.2) is 18.4 Å². The first-order valence-corrected chi connectivity index (χ1v) is 7.96. The Labute approximate surface area is 142 Å². The summed E-state index contributed by atoms with van der Waals surface area (Å²) in [4.78, 5) is 12.7. The van der Waals surface area contributed by atoms with E-state index in [2.05, 4.69) is 25.2 Å². The number of carbonyl (C=O) groups excluding carboxylic acids is 1. The summed E-state index contributed by atoms with van der Waals surface area (Å²) in [5.74, 6) is 0.662. The molecule has 4 heteroatoms. The lowest BCUT2D eigenvalue weighted by Gasteiger charge is -2.35. The largest absolute Gasteiger partial charge is 0.497 e. The molecule has 0 unspecified atom stereocenters. The molecule has 0 atom stereocenters. The standard InChI is InChI=1S/C20H22N2O2/c1-20(2)12-13-8-9-14(24-3)10-16(13)18(22-20)11-19(23)15-6-4-5-7-17(15)21/h4-11,22H,12,21H2,1-3H3/b18-11-. The molecule has 2 aromatic rings. The second-order valence-corrected chi connectivity index (χ2v) is 6.72. The predicted molar refractivity (Wildman–Crippen MR) is 97.1 cm³/mol. The fraction of sp³-hybridized carbons (Fsp3) is 0.250. The molecular formula is C20H22N2O2. The van der Waals surface area contributed by atoms with E-state index >= 15 is 0 Å². The van der Waals surface area contributed by atoms with E-state index in [-0.39, 0.29) is 11.3 Å². The normalized spacial score (nSPS) is 17.0. The van der Waals surface area contributed by atoms with Gasteiger partial charge in [0.2, 0.25) is 0 Å². The number of nitrogens with two attached hydrogens (primary N) is 1. The number of ether oxygens (including phenoxy) is 1. The summed E-state index contributed by atoms with van der Waals surface area (Å²) >= 11 is 0. The third kappa shape index (κ3) is 3.13. The molecule has 124 valence electrons. The van der Waals surface area contributed by atoms with Crippen molar-refractivity contribution in [2.75, 3.05) is 12.8 Å². The minimum atomic E-state index is -0.129. The highest BCUT2D eigenvalue weighted by molar-refractivity contribution is 6.11. The molecule has 0 spiro atoms. The highest BCUT2D eigenvalue weighted by Crippen LogP contribution is 2.32. The average molecular weight is 322 g/mol. The van der Waals surface area contributed by atoms with Gasteiger partial charge in [0.15, 0.2) is 5.78 Å². The number of rotatable bonds is 3. The highest BCUT2D eigenvalue weighted by atomic mass is 16.5. The third-order valence-electron chi connectivity index (χ3n) is 4.21. The van der Waals surface area contributed by atoms with Gasteiger partial charge < -0.3 is 15.8 Å². The summed E-state index contributed by atoms with van der Waals surface area (Å²) in [6.07, 6.45) is 2.51. The van der Waals surface area contributed by atoms with E-state index in [0.29, 0.717) is 11.3 Å². The molecule has 0 aliphatic carbocycles. The van der Waals surface area contributed by atoms with E-state index in [0.717, 1.165) is 23.4 Å². The Bertz CT molecular complexity index is 822. The van der Waals surface area contributed by atoms with Crippen LogP contribution in [0.1, 0.15) is 35.3 Å². The van der Waals surface area contributed by atoms with Crippen molar-refractivity contribution in [3.63, 3.8) is 0 Å². The van der Waals surface area contributed by atoms with Crippen LogP contribution in [0.2, 0.25) is 0 Å². The molecule has 2 aromatic carbocycles. The van der Waals surface area contributed by atoms with Crippen molar-refractivity contribution < 1.29 is 9.53 Å². The highest BCUT2D eigenvalue weighted by Gasteiger charge is 2.28. The van der Waals surface area contributed by atoms with Crippen molar-refractivity contribution in [3.05, 3.63) is 65.2 Å². The van der Waals surface area contributed by atoms with Crippen molar-refractivity contribution in [2.24, 2.45) is 0 Å². The molecule has 1 aliphatic rings. The van der Waals surface area contributed by atoms with Gasteiger partial charge in [0.1, 0.15) is 5.75 Å². The van der Waals surface area contributed by atoms with Crippen molar-refractivity contribution in [2.45, 2.75) is 25.8 Å².